The second-order valence-electron chi connectivity index (χ2n) is 0.346. The van der Waals surface area contributed by atoms with Gasteiger partial charge in [0.15, 0.2) is 0 Å². The third kappa shape index (κ3) is 15.4. The zero-order valence-corrected chi connectivity index (χ0v) is 5.13. The Morgan fingerprint density at radius 2 is 1.50 bits per heavy atom. The zero-order valence-electron chi connectivity index (χ0n) is 1.92. The van der Waals surface area contributed by atoms with Crippen LogP contribution in [0, 0.1) is 0 Å². The first kappa shape index (κ1) is 4.73. The Kier molecular flexibility index (Phi) is 2.36. The quantitative estimate of drug-likeness (QED) is 0.493. The minimum absolute atomic E-state index is 0.623. The maximum atomic E-state index is 7.66. The molecule has 0 aromatic heterocycles. The summed E-state index contributed by atoms with van der Waals surface area (Å²) in [6.45, 7) is 0. The van der Waals surface area contributed by atoms with Gasteiger partial charge in [0, 0.05) is 0 Å². The number of hydrogen-bond acceptors (Lipinski definition) is 2. The van der Waals surface area contributed by atoms with Crippen LogP contribution in [0.3, 0.4) is 0 Å². The molecule has 0 aromatic rings. The molecule has 22 valence electrons. The standard InChI is InChI=1S/BH2O2.Ta/c2-1-3;/h2-3H;/q+1;-1. The summed E-state index contributed by atoms with van der Waals surface area (Å²) >= 11 is 0.623. The van der Waals surface area contributed by atoms with Crippen molar-refractivity contribution in [2.24, 2.45) is 0 Å². The summed E-state index contributed by atoms with van der Waals surface area (Å²) in [7, 11) is 0. The van der Waals surface area contributed by atoms with E-state index in [1.165, 1.54) is 0 Å². The molecule has 0 spiro atoms. The molecule has 0 unspecified atom stereocenters. The Labute approximate surface area is 36.6 Å². The van der Waals surface area contributed by atoms with Crippen LogP contribution in [0.25, 0.3) is 0 Å². The van der Waals surface area contributed by atoms with Crippen LogP contribution in [-0.4, -0.2) is 15.2 Å². The molecule has 0 aliphatic rings. The molecule has 4 heteroatoms. The van der Waals surface area contributed by atoms with Crippen LogP contribution >= 0.6 is 0 Å². The van der Waals surface area contributed by atoms with E-state index in [0.29, 0.717) is 20.9 Å². The van der Waals surface area contributed by atoms with Gasteiger partial charge in [0.1, 0.15) is 0 Å². The molecule has 0 aliphatic heterocycles. The van der Waals surface area contributed by atoms with Gasteiger partial charge in [-0.25, -0.2) is 0 Å². The first-order valence-electron chi connectivity index (χ1n) is 0.775. The molecule has 2 N–H and O–H groups in total. The summed E-state index contributed by atoms with van der Waals surface area (Å²) in [6.07, 6.45) is 0. The summed E-state index contributed by atoms with van der Waals surface area (Å²) in [4.78, 5) is 0. The van der Waals surface area contributed by atoms with E-state index >= 15 is 0 Å². The average molecular weight is 226 g/mol. The van der Waals surface area contributed by atoms with Gasteiger partial charge in [-0.1, -0.05) is 0 Å². The molecule has 0 radical (unpaired) electrons. The summed E-state index contributed by atoms with van der Waals surface area (Å²) in [5.74, 6) is 0. The van der Waals surface area contributed by atoms with E-state index in [4.69, 9.17) is 10.0 Å². The fourth-order valence-corrected chi connectivity index (χ4v) is 0. The van der Waals surface area contributed by atoms with Crippen LogP contribution in [0.15, 0.2) is 0 Å². The minimum atomic E-state index is -1.06. The molecule has 4 heavy (non-hydrogen) atoms. The molecule has 0 saturated heterocycles. The third-order valence-corrected chi connectivity index (χ3v) is 0. The van der Waals surface area contributed by atoms with Crippen molar-refractivity contribution in [1.82, 2.24) is 0 Å². The summed E-state index contributed by atoms with van der Waals surface area (Å²) < 4.78 is 0. The van der Waals surface area contributed by atoms with Gasteiger partial charge in [0.25, 0.3) is 0 Å². The first-order chi connectivity index (χ1) is 1.73. The molecule has 0 amide bonds. The summed E-state index contributed by atoms with van der Waals surface area (Å²) in [5, 5.41) is 14.3. The van der Waals surface area contributed by atoms with Gasteiger partial charge >= 0.3 is 36.1 Å². The van der Waals surface area contributed by atoms with E-state index in [1.54, 1.807) is 0 Å². The van der Waals surface area contributed by atoms with E-state index < -0.39 is 5.20 Å². The first-order valence-corrected chi connectivity index (χ1v) is 2.63. The van der Waals surface area contributed by atoms with Crippen molar-refractivity contribution in [3.8, 4) is 0 Å². The summed E-state index contributed by atoms with van der Waals surface area (Å²) in [5.41, 5.74) is 0. The van der Waals surface area contributed by atoms with Crippen LogP contribution in [0.5, 0.6) is 0 Å². The molecule has 0 atom stereocenters. The van der Waals surface area contributed by atoms with Gasteiger partial charge in [-0.3, -0.25) is 0 Å². The van der Waals surface area contributed by atoms with Crippen molar-refractivity contribution in [3.63, 3.8) is 0 Å². The van der Waals surface area contributed by atoms with Gasteiger partial charge in [0.05, 0.1) is 0 Å². The van der Waals surface area contributed by atoms with E-state index in [2.05, 4.69) is 0 Å². The molecule has 0 rings (SSSR count). The van der Waals surface area contributed by atoms with Crippen molar-refractivity contribution in [3.05, 3.63) is 0 Å². The molecule has 0 aromatic carbocycles. The predicted molar refractivity (Wildman–Crippen MR) is 10.2 cm³/mol. The van der Waals surface area contributed by atoms with Gasteiger partial charge in [-0.05, 0) is 0 Å². The Balaban J connectivity index is 2.32. The fraction of sp³-hybridized carbons (Fsp3) is 0. The normalized spacial score (nSPS) is 6.50. The van der Waals surface area contributed by atoms with E-state index in [9.17, 15) is 0 Å². The molecule has 0 fully saturated rings. The van der Waals surface area contributed by atoms with Crippen molar-refractivity contribution < 1.29 is 30.9 Å². The van der Waals surface area contributed by atoms with Crippen LogP contribution in [0.2, 0.25) is 0 Å². The van der Waals surface area contributed by atoms with Crippen molar-refractivity contribution in [2.75, 3.05) is 0 Å². The molecular formula is H2BO2Ta. The SMILES string of the molecule is O[B](O)[Ta]. The number of hydrogen-bond donors (Lipinski definition) is 2. The van der Waals surface area contributed by atoms with Crippen molar-refractivity contribution >= 4 is 5.20 Å². The second kappa shape index (κ2) is 1.99. The monoisotopic (exact) mass is 226 g/mol. The van der Waals surface area contributed by atoms with Crippen LogP contribution in [-0.2, 0) is 20.9 Å². The van der Waals surface area contributed by atoms with Gasteiger partial charge in [-0.15, -0.1) is 0 Å². The van der Waals surface area contributed by atoms with Gasteiger partial charge < -0.3 is 0 Å². The molecule has 0 heterocycles. The fourth-order valence-electron chi connectivity index (χ4n) is 0. The molecule has 2 nitrogen and oxygen atoms in total. The van der Waals surface area contributed by atoms with Gasteiger partial charge in [0.2, 0.25) is 0 Å². The number of rotatable bonds is 0. The Morgan fingerprint density at radius 3 is 1.50 bits per heavy atom. The van der Waals surface area contributed by atoms with E-state index in [0.717, 1.165) is 0 Å². The predicted octanol–water partition coefficient (Wildman–Crippen LogP) is -1.50. The maximum absolute atomic E-state index is 7.66. The molecule has 0 saturated carbocycles. The molecule has 0 aliphatic carbocycles. The van der Waals surface area contributed by atoms with Gasteiger partial charge in [-0.2, -0.15) is 0 Å². The Morgan fingerprint density at radius 1 is 1.50 bits per heavy atom. The zero-order chi connectivity index (χ0) is 3.58. The third-order valence-electron chi connectivity index (χ3n) is 0. The van der Waals surface area contributed by atoms with E-state index in [1.807, 2.05) is 0 Å². The average Bonchev–Trinajstić information content (AvgIpc) is 0.811. The Bertz CT molecular complexity index is 10.8. The summed E-state index contributed by atoms with van der Waals surface area (Å²) in [6, 6.07) is 0. The van der Waals surface area contributed by atoms with Crippen LogP contribution in [0.4, 0.5) is 0 Å². The Hall–Kier alpha value is 0.725. The van der Waals surface area contributed by atoms with Crippen molar-refractivity contribution in [1.29, 1.82) is 0 Å². The van der Waals surface area contributed by atoms with Crippen LogP contribution < -0.4 is 0 Å². The second-order valence-corrected chi connectivity index (χ2v) is 2.01. The topological polar surface area (TPSA) is 40.5 Å². The van der Waals surface area contributed by atoms with Crippen LogP contribution in [0.1, 0.15) is 0 Å². The van der Waals surface area contributed by atoms with E-state index in [-0.39, 0.29) is 0 Å². The molecule has 0 bridgehead atoms. The van der Waals surface area contributed by atoms with Crippen molar-refractivity contribution in [2.45, 2.75) is 0 Å². The molecular weight excluding hydrogens is 224 g/mol.